The summed E-state index contributed by atoms with van der Waals surface area (Å²) in [5.41, 5.74) is 1.36. The third-order valence-corrected chi connectivity index (χ3v) is 5.94. The zero-order chi connectivity index (χ0) is 16.1. The highest BCUT2D eigenvalue weighted by Crippen LogP contribution is 2.51. The van der Waals surface area contributed by atoms with E-state index < -0.39 is 5.97 Å². The first-order chi connectivity index (χ1) is 11.1. The molecule has 0 saturated heterocycles. The van der Waals surface area contributed by atoms with Crippen LogP contribution in [0.25, 0.3) is 0 Å². The number of benzene rings is 1. The van der Waals surface area contributed by atoms with Gasteiger partial charge < -0.3 is 5.11 Å². The van der Waals surface area contributed by atoms with Gasteiger partial charge in [0.2, 0.25) is 5.16 Å². The Kier molecular flexibility index (Phi) is 3.38. The first-order valence-electron chi connectivity index (χ1n) is 7.18. The molecule has 4 rings (SSSR count). The third-order valence-electron chi connectivity index (χ3n) is 3.75. The summed E-state index contributed by atoms with van der Waals surface area (Å²) in [4.78, 5) is 11.0. The van der Waals surface area contributed by atoms with E-state index in [1.54, 1.807) is 35.7 Å². The molecule has 0 saturated carbocycles. The van der Waals surface area contributed by atoms with Gasteiger partial charge in [0.15, 0.2) is 5.82 Å². The molecular formula is C15H14N4O2S2. The van der Waals surface area contributed by atoms with Crippen LogP contribution in [-0.4, -0.2) is 25.9 Å². The van der Waals surface area contributed by atoms with Crippen molar-refractivity contribution in [3.05, 3.63) is 51.7 Å². The molecule has 2 aliphatic heterocycles. The molecule has 2 aromatic rings. The number of carboxylic acids is 1. The summed E-state index contributed by atoms with van der Waals surface area (Å²) in [6, 6.07) is 7.05. The van der Waals surface area contributed by atoms with Crippen LogP contribution in [0.5, 0.6) is 0 Å². The van der Waals surface area contributed by atoms with Crippen molar-refractivity contribution in [2.24, 2.45) is 0 Å². The molecule has 3 heterocycles. The summed E-state index contributed by atoms with van der Waals surface area (Å²) in [5, 5.41) is 24.0. The third kappa shape index (κ3) is 2.24. The first kappa shape index (κ1) is 14.6. The fourth-order valence-corrected chi connectivity index (χ4v) is 4.86. The van der Waals surface area contributed by atoms with E-state index in [4.69, 9.17) is 5.11 Å². The molecule has 0 spiro atoms. The minimum absolute atomic E-state index is 0.0649. The van der Waals surface area contributed by atoms with E-state index in [9.17, 15) is 4.79 Å². The first-order valence-corrected chi connectivity index (χ1v) is 8.94. The molecule has 0 bridgehead atoms. The number of fused-ring (bicyclic) bond motifs is 3. The van der Waals surface area contributed by atoms with E-state index in [2.05, 4.69) is 39.1 Å². The van der Waals surface area contributed by atoms with E-state index in [0.717, 1.165) is 21.6 Å². The summed E-state index contributed by atoms with van der Waals surface area (Å²) in [6.45, 7) is 4.20. The van der Waals surface area contributed by atoms with Crippen LogP contribution < -0.4 is 5.01 Å². The van der Waals surface area contributed by atoms with Crippen molar-refractivity contribution >= 4 is 29.5 Å². The topological polar surface area (TPSA) is 71.2 Å². The van der Waals surface area contributed by atoms with Crippen molar-refractivity contribution in [3.63, 3.8) is 0 Å². The molecule has 1 atom stereocenters. The SMILES string of the molecule is CC(C)c1nnc2n1N1C(=CSC1c1ccc(C(=O)O)cc1)S2. The number of thioether (sulfide) groups is 2. The molecule has 0 aliphatic carbocycles. The Labute approximate surface area is 141 Å². The Balaban J connectivity index is 1.72. The molecule has 118 valence electrons. The van der Waals surface area contributed by atoms with Crippen LogP contribution in [0.3, 0.4) is 0 Å². The van der Waals surface area contributed by atoms with Crippen molar-refractivity contribution in [1.82, 2.24) is 14.9 Å². The second-order valence-electron chi connectivity index (χ2n) is 5.63. The fourth-order valence-electron chi connectivity index (χ4n) is 2.63. The number of nitrogens with zero attached hydrogens (tertiary/aromatic N) is 4. The second kappa shape index (κ2) is 5.31. The van der Waals surface area contributed by atoms with Crippen LogP contribution in [0, 0.1) is 0 Å². The van der Waals surface area contributed by atoms with Gasteiger partial charge in [0, 0.05) is 11.3 Å². The average Bonchev–Trinajstić information content (AvgIpc) is 3.17. The zero-order valence-electron chi connectivity index (χ0n) is 12.5. The Hall–Kier alpha value is -1.93. The minimum Gasteiger partial charge on any atom is -0.478 e. The van der Waals surface area contributed by atoms with Gasteiger partial charge in [-0.15, -0.1) is 10.2 Å². The number of carboxylic acid groups (broad SMARTS) is 1. The van der Waals surface area contributed by atoms with Crippen molar-refractivity contribution in [2.75, 3.05) is 5.01 Å². The van der Waals surface area contributed by atoms with Crippen LogP contribution in [0.15, 0.2) is 39.9 Å². The maximum Gasteiger partial charge on any atom is 0.335 e. The summed E-state index contributed by atoms with van der Waals surface area (Å²) in [6.07, 6.45) is 0. The number of carbonyl (C=O) groups is 1. The highest BCUT2D eigenvalue weighted by atomic mass is 32.2. The molecule has 1 N–H and O–H groups in total. The van der Waals surface area contributed by atoms with Crippen LogP contribution in [0.1, 0.15) is 46.9 Å². The molecule has 23 heavy (non-hydrogen) atoms. The minimum atomic E-state index is -0.908. The average molecular weight is 346 g/mol. The highest BCUT2D eigenvalue weighted by molar-refractivity contribution is 8.07. The number of aromatic nitrogens is 3. The Morgan fingerprint density at radius 2 is 2.00 bits per heavy atom. The van der Waals surface area contributed by atoms with Crippen molar-refractivity contribution in [2.45, 2.75) is 30.3 Å². The van der Waals surface area contributed by atoms with Crippen molar-refractivity contribution in [3.8, 4) is 0 Å². The molecule has 6 nitrogen and oxygen atoms in total. The van der Waals surface area contributed by atoms with Crippen molar-refractivity contribution in [1.29, 1.82) is 0 Å². The van der Waals surface area contributed by atoms with Crippen LogP contribution in [0.2, 0.25) is 0 Å². The highest BCUT2D eigenvalue weighted by Gasteiger charge is 2.39. The summed E-state index contributed by atoms with van der Waals surface area (Å²) < 4.78 is 2.08. The lowest BCUT2D eigenvalue weighted by atomic mass is 10.1. The molecular weight excluding hydrogens is 332 g/mol. The largest absolute Gasteiger partial charge is 0.478 e. The van der Waals surface area contributed by atoms with E-state index in [-0.39, 0.29) is 11.3 Å². The van der Waals surface area contributed by atoms with E-state index in [1.807, 2.05) is 12.1 Å². The van der Waals surface area contributed by atoms with Crippen LogP contribution >= 0.6 is 23.5 Å². The Bertz CT molecular complexity index is 813. The van der Waals surface area contributed by atoms with Gasteiger partial charge in [0.05, 0.1) is 5.56 Å². The molecule has 1 aromatic carbocycles. The molecule has 0 amide bonds. The van der Waals surface area contributed by atoms with Gasteiger partial charge in [-0.2, -0.15) is 0 Å². The van der Waals surface area contributed by atoms with Gasteiger partial charge in [-0.1, -0.05) is 37.7 Å². The maximum absolute atomic E-state index is 11.0. The van der Waals surface area contributed by atoms with Gasteiger partial charge in [0.1, 0.15) is 10.4 Å². The summed E-state index contributed by atoms with van der Waals surface area (Å²) >= 11 is 3.32. The number of aromatic carboxylic acids is 1. The lowest BCUT2D eigenvalue weighted by molar-refractivity contribution is 0.0697. The molecule has 0 radical (unpaired) electrons. The van der Waals surface area contributed by atoms with E-state index in [0.29, 0.717) is 5.56 Å². The smallest absolute Gasteiger partial charge is 0.335 e. The molecule has 1 unspecified atom stereocenters. The summed E-state index contributed by atoms with van der Waals surface area (Å²) in [7, 11) is 0. The predicted octanol–water partition coefficient (Wildman–Crippen LogP) is 3.39. The van der Waals surface area contributed by atoms with Gasteiger partial charge in [0.25, 0.3) is 0 Å². The summed E-state index contributed by atoms with van der Waals surface area (Å²) in [5.74, 6) is 0.303. The molecule has 2 aliphatic rings. The zero-order valence-corrected chi connectivity index (χ0v) is 14.1. The molecule has 8 heteroatoms. The van der Waals surface area contributed by atoms with E-state index in [1.165, 1.54) is 0 Å². The normalized spacial score (nSPS) is 19.0. The number of rotatable bonds is 3. The Morgan fingerprint density at radius 1 is 1.26 bits per heavy atom. The van der Waals surface area contributed by atoms with Gasteiger partial charge >= 0.3 is 5.97 Å². The van der Waals surface area contributed by atoms with Crippen molar-refractivity contribution < 1.29 is 9.90 Å². The van der Waals surface area contributed by atoms with Gasteiger partial charge in [-0.05, 0) is 29.5 Å². The monoisotopic (exact) mass is 346 g/mol. The molecule has 1 aromatic heterocycles. The van der Waals surface area contributed by atoms with Crippen LogP contribution in [-0.2, 0) is 0 Å². The van der Waals surface area contributed by atoms with Crippen LogP contribution in [0.4, 0.5) is 0 Å². The lowest BCUT2D eigenvalue weighted by Crippen LogP contribution is -2.31. The predicted molar refractivity (Wildman–Crippen MR) is 90.0 cm³/mol. The maximum atomic E-state index is 11.0. The quantitative estimate of drug-likeness (QED) is 0.913. The van der Waals surface area contributed by atoms with Gasteiger partial charge in [-0.25, -0.2) is 9.47 Å². The Morgan fingerprint density at radius 3 is 2.65 bits per heavy atom. The van der Waals surface area contributed by atoms with Gasteiger partial charge in [-0.3, -0.25) is 5.01 Å². The molecule has 0 fully saturated rings. The fraction of sp³-hybridized carbons (Fsp3) is 0.267. The lowest BCUT2D eigenvalue weighted by Gasteiger charge is -2.26. The number of hydrogen-bond donors (Lipinski definition) is 1. The van der Waals surface area contributed by atoms with E-state index >= 15 is 0 Å². The number of hydrogen-bond acceptors (Lipinski definition) is 6. The second-order valence-corrected chi connectivity index (χ2v) is 7.57. The standard InChI is InChI=1S/C15H14N4O2S2/c1-8(2)12-16-17-15-19(12)18-11(23-15)7-22-13(18)9-3-5-10(6-4-9)14(20)21/h3-8,13H,1-2H3,(H,20,21).